The van der Waals surface area contributed by atoms with Gasteiger partial charge in [-0.2, -0.15) is 5.26 Å². The van der Waals surface area contributed by atoms with Crippen molar-refractivity contribution in [2.24, 2.45) is 11.8 Å². The Morgan fingerprint density at radius 1 is 1.50 bits per heavy atom. The summed E-state index contributed by atoms with van der Waals surface area (Å²) in [7, 11) is 2.00. The van der Waals surface area contributed by atoms with Gasteiger partial charge in [0.1, 0.15) is 0 Å². The van der Waals surface area contributed by atoms with Crippen LogP contribution in [0.2, 0.25) is 0 Å². The molecule has 0 spiro atoms. The second-order valence-electron chi connectivity index (χ2n) is 4.43. The summed E-state index contributed by atoms with van der Waals surface area (Å²) in [4.78, 5) is 2.13. The topological polar surface area (TPSA) is 47.3 Å². The van der Waals surface area contributed by atoms with Gasteiger partial charge in [0, 0.05) is 12.6 Å². The van der Waals surface area contributed by atoms with Gasteiger partial charge in [0.15, 0.2) is 0 Å². The standard InChI is InChI=1S/C11H20N2O/c1-9-3-4-10(8-12)11(7-9)13(2)5-6-14/h9-11,14H,3-7H2,1-2H3. The third-order valence-corrected chi connectivity index (χ3v) is 3.26. The molecule has 14 heavy (non-hydrogen) atoms. The van der Waals surface area contributed by atoms with Crippen LogP contribution >= 0.6 is 0 Å². The Bertz CT molecular complexity index is 212. The monoisotopic (exact) mass is 196 g/mol. The van der Waals surface area contributed by atoms with Gasteiger partial charge in [-0.05, 0) is 32.2 Å². The van der Waals surface area contributed by atoms with Crippen molar-refractivity contribution < 1.29 is 5.11 Å². The van der Waals surface area contributed by atoms with Crippen LogP contribution in [0.3, 0.4) is 0 Å². The van der Waals surface area contributed by atoms with Crippen LogP contribution in [0.15, 0.2) is 0 Å². The Balaban J connectivity index is 2.57. The van der Waals surface area contributed by atoms with Crippen LogP contribution in [0.1, 0.15) is 26.2 Å². The maximum atomic E-state index is 9.03. The van der Waals surface area contributed by atoms with E-state index < -0.39 is 0 Å². The molecule has 0 amide bonds. The molecule has 0 radical (unpaired) electrons. The van der Waals surface area contributed by atoms with Crippen LogP contribution in [0.5, 0.6) is 0 Å². The lowest BCUT2D eigenvalue weighted by Gasteiger charge is -2.37. The van der Waals surface area contributed by atoms with Crippen molar-refractivity contribution in [3.8, 4) is 6.07 Å². The maximum absolute atomic E-state index is 9.03. The number of hydrogen-bond donors (Lipinski definition) is 1. The normalized spacial score (nSPS) is 32.9. The van der Waals surface area contributed by atoms with Crippen molar-refractivity contribution in [1.29, 1.82) is 5.26 Å². The second-order valence-corrected chi connectivity index (χ2v) is 4.43. The molecular weight excluding hydrogens is 176 g/mol. The molecule has 0 bridgehead atoms. The van der Waals surface area contributed by atoms with Crippen molar-refractivity contribution in [2.45, 2.75) is 32.2 Å². The minimum Gasteiger partial charge on any atom is -0.395 e. The molecule has 0 heterocycles. The molecule has 1 aliphatic rings. The van der Waals surface area contributed by atoms with Crippen molar-refractivity contribution in [3.05, 3.63) is 0 Å². The van der Waals surface area contributed by atoms with E-state index in [1.807, 2.05) is 7.05 Å². The van der Waals surface area contributed by atoms with Crippen molar-refractivity contribution >= 4 is 0 Å². The summed E-state index contributed by atoms with van der Waals surface area (Å²) in [5.74, 6) is 0.869. The summed E-state index contributed by atoms with van der Waals surface area (Å²) in [6.45, 7) is 3.10. The molecule has 1 saturated carbocycles. The third kappa shape index (κ3) is 2.70. The van der Waals surface area contributed by atoms with Gasteiger partial charge in [-0.15, -0.1) is 0 Å². The fourth-order valence-electron chi connectivity index (χ4n) is 2.31. The molecule has 1 aliphatic carbocycles. The van der Waals surface area contributed by atoms with Gasteiger partial charge in [-0.25, -0.2) is 0 Å². The summed E-state index contributed by atoms with van der Waals surface area (Å²) in [6, 6.07) is 2.73. The molecule has 1 fully saturated rings. The Morgan fingerprint density at radius 3 is 2.79 bits per heavy atom. The van der Waals surface area contributed by atoms with Crippen LogP contribution in [0, 0.1) is 23.2 Å². The zero-order valence-electron chi connectivity index (χ0n) is 9.11. The lowest BCUT2D eigenvalue weighted by atomic mass is 9.79. The molecule has 0 aliphatic heterocycles. The average molecular weight is 196 g/mol. The molecular formula is C11H20N2O. The summed E-state index contributed by atoms with van der Waals surface area (Å²) in [6.07, 6.45) is 3.27. The summed E-state index contributed by atoms with van der Waals surface area (Å²) < 4.78 is 0. The number of rotatable bonds is 3. The molecule has 1 N–H and O–H groups in total. The van der Waals surface area contributed by atoms with Gasteiger partial charge in [0.2, 0.25) is 0 Å². The highest BCUT2D eigenvalue weighted by molar-refractivity contribution is 4.96. The highest BCUT2D eigenvalue weighted by atomic mass is 16.3. The first kappa shape index (κ1) is 11.5. The van der Waals surface area contributed by atoms with Gasteiger partial charge >= 0.3 is 0 Å². The Morgan fingerprint density at radius 2 is 2.21 bits per heavy atom. The molecule has 3 unspecified atom stereocenters. The van der Waals surface area contributed by atoms with E-state index in [2.05, 4.69) is 17.9 Å². The maximum Gasteiger partial charge on any atom is 0.0672 e. The molecule has 3 atom stereocenters. The number of likely N-dealkylation sites (N-methyl/N-ethyl adjacent to an activating group) is 1. The van der Waals surface area contributed by atoms with E-state index >= 15 is 0 Å². The first-order valence-electron chi connectivity index (χ1n) is 5.39. The highest BCUT2D eigenvalue weighted by Crippen LogP contribution is 2.31. The first-order chi connectivity index (χ1) is 6.69. The molecule has 80 valence electrons. The van der Waals surface area contributed by atoms with Gasteiger partial charge < -0.3 is 5.11 Å². The minimum absolute atomic E-state index is 0.155. The van der Waals surface area contributed by atoms with E-state index in [0.29, 0.717) is 18.5 Å². The van der Waals surface area contributed by atoms with Crippen LogP contribution < -0.4 is 0 Å². The van der Waals surface area contributed by atoms with Gasteiger partial charge in [0.25, 0.3) is 0 Å². The number of aliphatic hydroxyl groups excluding tert-OH is 1. The fraction of sp³-hybridized carbons (Fsp3) is 0.909. The smallest absolute Gasteiger partial charge is 0.0672 e. The quantitative estimate of drug-likeness (QED) is 0.738. The summed E-state index contributed by atoms with van der Waals surface area (Å²) >= 11 is 0. The lowest BCUT2D eigenvalue weighted by Crippen LogP contribution is -2.42. The number of nitrogens with zero attached hydrogens (tertiary/aromatic N) is 2. The van der Waals surface area contributed by atoms with Gasteiger partial charge in [-0.1, -0.05) is 6.92 Å². The molecule has 0 saturated heterocycles. The Hall–Kier alpha value is -0.590. The average Bonchev–Trinajstić information content (AvgIpc) is 2.18. The molecule has 0 aromatic rings. The van der Waals surface area contributed by atoms with Gasteiger partial charge in [-0.3, -0.25) is 4.90 Å². The lowest BCUT2D eigenvalue weighted by molar-refractivity contribution is 0.109. The number of aliphatic hydroxyl groups is 1. The SMILES string of the molecule is CC1CCC(C#N)C(N(C)CCO)C1. The number of hydrogen-bond acceptors (Lipinski definition) is 3. The Labute approximate surface area is 86.3 Å². The Kier molecular flexibility index (Phi) is 4.37. The van der Waals surface area contributed by atoms with E-state index in [1.165, 1.54) is 6.42 Å². The molecule has 3 nitrogen and oxygen atoms in total. The molecule has 1 rings (SSSR count). The predicted octanol–water partition coefficient (Wildman–Crippen LogP) is 1.24. The van der Waals surface area contributed by atoms with Crippen LogP contribution in [-0.2, 0) is 0 Å². The summed E-state index contributed by atoms with van der Waals surface area (Å²) in [5, 5.41) is 17.9. The summed E-state index contributed by atoms with van der Waals surface area (Å²) in [5.41, 5.74) is 0. The van der Waals surface area contributed by atoms with Crippen molar-refractivity contribution in [1.82, 2.24) is 4.90 Å². The van der Waals surface area contributed by atoms with E-state index in [1.54, 1.807) is 0 Å². The predicted molar refractivity (Wildman–Crippen MR) is 55.6 cm³/mol. The number of nitriles is 1. The van der Waals surface area contributed by atoms with E-state index in [-0.39, 0.29) is 12.5 Å². The van der Waals surface area contributed by atoms with E-state index in [4.69, 9.17) is 10.4 Å². The molecule has 0 aromatic carbocycles. The zero-order valence-corrected chi connectivity index (χ0v) is 9.11. The fourth-order valence-corrected chi connectivity index (χ4v) is 2.31. The largest absolute Gasteiger partial charge is 0.395 e. The van der Waals surface area contributed by atoms with Crippen LogP contribution in [0.4, 0.5) is 0 Å². The van der Waals surface area contributed by atoms with Gasteiger partial charge in [0.05, 0.1) is 18.6 Å². The highest BCUT2D eigenvalue weighted by Gasteiger charge is 2.30. The molecule has 0 aromatic heterocycles. The van der Waals surface area contributed by atoms with Crippen LogP contribution in [0.25, 0.3) is 0 Å². The zero-order chi connectivity index (χ0) is 10.6. The van der Waals surface area contributed by atoms with Crippen molar-refractivity contribution in [2.75, 3.05) is 20.2 Å². The second kappa shape index (κ2) is 5.33. The first-order valence-corrected chi connectivity index (χ1v) is 5.39. The van der Waals surface area contributed by atoms with E-state index in [9.17, 15) is 0 Å². The molecule has 3 heteroatoms. The third-order valence-electron chi connectivity index (χ3n) is 3.26. The van der Waals surface area contributed by atoms with Crippen molar-refractivity contribution in [3.63, 3.8) is 0 Å². The minimum atomic E-state index is 0.155. The van der Waals surface area contributed by atoms with Crippen LogP contribution in [-0.4, -0.2) is 36.2 Å². The van der Waals surface area contributed by atoms with E-state index in [0.717, 1.165) is 12.8 Å².